The number of thiophene rings is 1. The van der Waals surface area contributed by atoms with Gasteiger partial charge in [-0.2, -0.15) is 11.3 Å². The molecule has 0 aliphatic carbocycles. The molecule has 0 unspecified atom stereocenters. The molecule has 6 nitrogen and oxygen atoms in total. The molecule has 3 fully saturated rings. The maximum absolute atomic E-state index is 12.8. The van der Waals surface area contributed by atoms with Crippen molar-refractivity contribution in [2.45, 2.75) is 31.4 Å². The van der Waals surface area contributed by atoms with Crippen molar-refractivity contribution >= 4 is 23.2 Å². The summed E-state index contributed by atoms with van der Waals surface area (Å²) >= 11 is 1.51. The maximum Gasteiger partial charge on any atom is 0.255 e. The first-order valence-corrected chi connectivity index (χ1v) is 9.98. The van der Waals surface area contributed by atoms with Gasteiger partial charge in [-0.05, 0) is 36.6 Å². The van der Waals surface area contributed by atoms with Gasteiger partial charge in [0.15, 0.2) is 0 Å². The fourth-order valence-corrected chi connectivity index (χ4v) is 4.74. The zero-order chi connectivity index (χ0) is 17.2. The van der Waals surface area contributed by atoms with E-state index >= 15 is 0 Å². The molecule has 4 heterocycles. The van der Waals surface area contributed by atoms with Crippen LogP contribution in [-0.4, -0.2) is 61.8 Å². The van der Waals surface area contributed by atoms with Gasteiger partial charge < -0.3 is 19.7 Å². The van der Waals surface area contributed by atoms with Crippen molar-refractivity contribution in [3.8, 4) is 0 Å². The van der Waals surface area contributed by atoms with Crippen LogP contribution in [0.3, 0.4) is 0 Å². The fourth-order valence-electron chi connectivity index (χ4n) is 4.11. The Bertz CT molecular complexity index is 615. The minimum atomic E-state index is -0.269. The van der Waals surface area contributed by atoms with Gasteiger partial charge in [0.25, 0.3) is 5.91 Å². The zero-order valence-electron chi connectivity index (χ0n) is 14.2. The van der Waals surface area contributed by atoms with Gasteiger partial charge in [0, 0.05) is 38.3 Å². The normalized spacial score (nSPS) is 29.6. The Morgan fingerprint density at radius 3 is 2.84 bits per heavy atom. The predicted molar refractivity (Wildman–Crippen MR) is 93.5 cm³/mol. The molecule has 25 heavy (non-hydrogen) atoms. The van der Waals surface area contributed by atoms with Crippen LogP contribution in [-0.2, 0) is 14.3 Å². The molecule has 3 atom stereocenters. The second kappa shape index (κ2) is 7.43. The summed E-state index contributed by atoms with van der Waals surface area (Å²) in [6.45, 7) is 3.31. The van der Waals surface area contributed by atoms with Crippen LogP contribution in [0.15, 0.2) is 16.8 Å². The molecule has 2 amide bonds. The molecule has 0 bridgehead atoms. The number of likely N-dealkylation sites (tertiary alicyclic amines) is 1. The van der Waals surface area contributed by atoms with Crippen LogP contribution in [0.2, 0.25) is 0 Å². The molecule has 4 rings (SSSR count). The van der Waals surface area contributed by atoms with Crippen molar-refractivity contribution in [2.75, 3.05) is 32.9 Å². The number of carbonyl (C=O) groups is 2. The highest BCUT2D eigenvalue weighted by atomic mass is 32.1. The van der Waals surface area contributed by atoms with Gasteiger partial charge in [0.1, 0.15) is 0 Å². The number of hydrogen-bond acceptors (Lipinski definition) is 5. The second-order valence-corrected chi connectivity index (χ2v) is 7.85. The maximum atomic E-state index is 12.8. The monoisotopic (exact) mass is 364 g/mol. The summed E-state index contributed by atoms with van der Waals surface area (Å²) in [5, 5.41) is 6.86. The second-order valence-electron chi connectivity index (χ2n) is 7.07. The number of nitrogens with one attached hydrogen (secondary N) is 1. The van der Waals surface area contributed by atoms with Crippen LogP contribution in [0.4, 0.5) is 0 Å². The molecule has 0 radical (unpaired) electrons. The number of hydrogen-bond donors (Lipinski definition) is 1. The lowest BCUT2D eigenvalue weighted by molar-refractivity contribution is -0.128. The van der Waals surface area contributed by atoms with Crippen molar-refractivity contribution < 1.29 is 19.1 Å². The molecule has 7 heteroatoms. The van der Waals surface area contributed by atoms with Crippen LogP contribution in [0.5, 0.6) is 0 Å². The SMILES string of the molecule is O=C(NCC1CCOCC1)[C@@H]1CN(C(=O)c2ccsc2)[C@@H]2CCO[C@H]21. The number of ether oxygens (including phenoxy) is 2. The Kier molecular flexibility index (Phi) is 5.05. The third kappa shape index (κ3) is 3.45. The average molecular weight is 364 g/mol. The summed E-state index contributed by atoms with van der Waals surface area (Å²) in [4.78, 5) is 27.3. The lowest BCUT2D eigenvalue weighted by Gasteiger charge is -2.23. The molecule has 3 saturated heterocycles. The van der Waals surface area contributed by atoms with Crippen LogP contribution in [0, 0.1) is 11.8 Å². The van der Waals surface area contributed by atoms with E-state index in [2.05, 4.69) is 5.32 Å². The van der Waals surface area contributed by atoms with Crippen molar-refractivity contribution in [2.24, 2.45) is 11.8 Å². The van der Waals surface area contributed by atoms with Crippen LogP contribution >= 0.6 is 11.3 Å². The lowest BCUT2D eigenvalue weighted by Crippen LogP contribution is -2.40. The standard InChI is InChI=1S/C18H24N2O4S/c21-17(19-9-12-1-5-23-6-2-12)14-10-20(15-3-7-24-16(14)15)18(22)13-4-8-25-11-13/h4,8,11-12,14-16H,1-3,5-7,9-10H2,(H,19,21)/t14-,15-,16+/m1/s1. The van der Waals surface area contributed by atoms with E-state index in [9.17, 15) is 9.59 Å². The quantitative estimate of drug-likeness (QED) is 0.880. The van der Waals surface area contributed by atoms with Gasteiger partial charge in [-0.3, -0.25) is 9.59 Å². The topological polar surface area (TPSA) is 67.9 Å². The summed E-state index contributed by atoms with van der Waals surface area (Å²) in [6.07, 6.45) is 2.63. The first kappa shape index (κ1) is 17.0. The largest absolute Gasteiger partial charge is 0.381 e. The molecule has 3 aliphatic heterocycles. The van der Waals surface area contributed by atoms with Gasteiger partial charge in [-0.15, -0.1) is 0 Å². The van der Waals surface area contributed by atoms with Gasteiger partial charge >= 0.3 is 0 Å². The predicted octanol–water partition coefficient (Wildman–Crippen LogP) is 1.52. The molecule has 1 aromatic rings. The Morgan fingerprint density at radius 2 is 2.08 bits per heavy atom. The average Bonchev–Trinajstić information content (AvgIpc) is 3.36. The first-order chi connectivity index (χ1) is 12.2. The van der Waals surface area contributed by atoms with Gasteiger partial charge in [-0.1, -0.05) is 0 Å². The minimum Gasteiger partial charge on any atom is -0.381 e. The Labute approximate surface area is 151 Å². The van der Waals surface area contributed by atoms with Crippen LogP contribution in [0.25, 0.3) is 0 Å². The molecule has 136 valence electrons. The Balaban J connectivity index is 1.39. The molecule has 3 aliphatic rings. The summed E-state index contributed by atoms with van der Waals surface area (Å²) in [5.74, 6) is 0.253. The van der Waals surface area contributed by atoms with E-state index in [1.807, 2.05) is 21.7 Å². The van der Waals surface area contributed by atoms with Crippen LogP contribution < -0.4 is 5.32 Å². The number of rotatable bonds is 4. The lowest BCUT2D eigenvalue weighted by atomic mass is 9.98. The van der Waals surface area contributed by atoms with E-state index in [1.54, 1.807) is 0 Å². The molecule has 0 aromatic carbocycles. The molecule has 1 N–H and O–H groups in total. The molecular weight excluding hydrogens is 340 g/mol. The number of amides is 2. The van der Waals surface area contributed by atoms with E-state index in [4.69, 9.17) is 9.47 Å². The number of fused-ring (bicyclic) bond motifs is 1. The third-order valence-corrected chi connectivity index (χ3v) is 6.25. The highest BCUT2D eigenvalue weighted by Gasteiger charge is 2.50. The highest BCUT2D eigenvalue weighted by Crippen LogP contribution is 2.34. The van der Waals surface area contributed by atoms with E-state index < -0.39 is 0 Å². The highest BCUT2D eigenvalue weighted by molar-refractivity contribution is 7.08. The molecule has 0 saturated carbocycles. The summed E-state index contributed by atoms with van der Waals surface area (Å²) in [7, 11) is 0. The van der Waals surface area contributed by atoms with E-state index in [1.165, 1.54) is 11.3 Å². The van der Waals surface area contributed by atoms with Gasteiger partial charge in [0.2, 0.25) is 5.91 Å². The van der Waals surface area contributed by atoms with E-state index in [-0.39, 0.29) is 29.9 Å². The Hall–Kier alpha value is -1.44. The summed E-state index contributed by atoms with van der Waals surface area (Å²) in [6, 6.07) is 1.86. The van der Waals surface area contributed by atoms with Crippen molar-refractivity contribution in [3.63, 3.8) is 0 Å². The van der Waals surface area contributed by atoms with Gasteiger partial charge in [0.05, 0.1) is 23.6 Å². The molecule has 1 aromatic heterocycles. The van der Waals surface area contributed by atoms with Crippen molar-refractivity contribution in [1.82, 2.24) is 10.2 Å². The molecular formula is C18H24N2O4S. The third-order valence-electron chi connectivity index (χ3n) is 5.57. The summed E-state index contributed by atoms with van der Waals surface area (Å²) < 4.78 is 11.2. The Morgan fingerprint density at radius 1 is 1.24 bits per heavy atom. The summed E-state index contributed by atoms with van der Waals surface area (Å²) in [5.41, 5.74) is 0.707. The number of nitrogens with zero attached hydrogens (tertiary/aromatic N) is 1. The zero-order valence-corrected chi connectivity index (χ0v) is 15.0. The van der Waals surface area contributed by atoms with E-state index in [0.29, 0.717) is 31.2 Å². The van der Waals surface area contributed by atoms with Crippen molar-refractivity contribution in [1.29, 1.82) is 0 Å². The smallest absolute Gasteiger partial charge is 0.255 e. The van der Waals surface area contributed by atoms with E-state index in [0.717, 1.165) is 32.5 Å². The fraction of sp³-hybridized carbons (Fsp3) is 0.667. The molecule has 0 spiro atoms. The van der Waals surface area contributed by atoms with Crippen LogP contribution in [0.1, 0.15) is 29.6 Å². The first-order valence-electron chi connectivity index (χ1n) is 9.04. The number of carbonyl (C=O) groups excluding carboxylic acids is 2. The minimum absolute atomic E-state index is 0.0153. The van der Waals surface area contributed by atoms with Crippen molar-refractivity contribution in [3.05, 3.63) is 22.4 Å². The van der Waals surface area contributed by atoms with Gasteiger partial charge in [-0.25, -0.2) is 0 Å².